The monoisotopic (exact) mass is 494 g/mol. The van der Waals surface area contributed by atoms with Crippen LogP contribution in [0.2, 0.25) is 5.02 Å². The second-order valence-corrected chi connectivity index (χ2v) is 12.0. The van der Waals surface area contributed by atoms with E-state index in [-0.39, 0.29) is 57.4 Å². The van der Waals surface area contributed by atoms with Crippen LogP contribution in [0, 0.1) is 29.6 Å². The number of H-pyrrole nitrogens is 1. The molecule has 8 heteroatoms. The molecule has 5 nitrogen and oxygen atoms in total. The van der Waals surface area contributed by atoms with Crippen molar-refractivity contribution < 1.29 is 9.59 Å². The van der Waals surface area contributed by atoms with Crippen molar-refractivity contribution in [3.8, 4) is 0 Å². The number of amides is 2. The number of nitrogens with zero attached hydrogens (tertiary/aromatic N) is 1. The number of anilines is 1. The van der Waals surface area contributed by atoms with Crippen LogP contribution in [0.25, 0.3) is 0 Å². The van der Waals surface area contributed by atoms with Gasteiger partial charge in [-0.05, 0) is 54.0 Å². The minimum Gasteiger partial charge on any atom is -0.307 e. The van der Waals surface area contributed by atoms with Gasteiger partial charge in [0, 0.05) is 21.1 Å². The summed E-state index contributed by atoms with van der Waals surface area (Å²) in [4.78, 5) is 44.9. The number of rotatable bonds is 2. The zero-order valence-electron chi connectivity index (χ0n) is 17.3. The first-order chi connectivity index (χ1) is 16.0. The van der Waals surface area contributed by atoms with Crippen molar-refractivity contribution in [3.63, 3.8) is 0 Å². The standard InChI is InChI=1S/C25H19ClN2O3S2/c26-12-8-6-11(7-9-12)16-17-14-10-15(20(17)32-22-21(16)33-25(31)27-22)19-18(14)23(29)28(24(19)30)13-4-2-1-3-5-13/h1-9,14-20H,10H2,(H,27,31)/t14-,15-,16-,17-,18+,19-,20-/m1/s1. The van der Waals surface area contributed by atoms with E-state index in [9.17, 15) is 14.4 Å². The number of para-hydroxylation sites is 1. The number of benzene rings is 2. The first-order valence-corrected chi connectivity index (χ1v) is 13.2. The topological polar surface area (TPSA) is 70.2 Å². The van der Waals surface area contributed by atoms with Crippen molar-refractivity contribution in [1.82, 2.24) is 4.98 Å². The number of hydrogen-bond donors (Lipinski definition) is 1. The molecule has 2 saturated carbocycles. The average Bonchev–Trinajstić information content (AvgIpc) is 3.54. The van der Waals surface area contributed by atoms with E-state index in [2.05, 4.69) is 4.98 Å². The SMILES string of the molecule is O=C1[C@@H]2[C@H]3C[C@@H]([C@@H]2C(=O)N1c1ccccc1)[C@@H]1[C@@H](c2ccc(Cl)cc2)c2sc(=O)[nH]c2S[C@H]31. The van der Waals surface area contributed by atoms with E-state index in [0.717, 1.165) is 21.9 Å². The zero-order chi connectivity index (χ0) is 22.4. The summed E-state index contributed by atoms with van der Waals surface area (Å²) >= 11 is 9.15. The molecule has 0 unspecified atom stereocenters. The number of hydrogen-bond acceptors (Lipinski definition) is 5. The van der Waals surface area contributed by atoms with Gasteiger partial charge >= 0.3 is 4.87 Å². The van der Waals surface area contributed by atoms with Gasteiger partial charge in [-0.2, -0.15) is 0 Å². The Kier molecular flexibility index (Phi) is 4.30. The lowest BCUT2D eigenvalue weighted by Gasteiger charge is -2.43. The summed E-state index contributed by atoms with van der Waals surface area (Å²) in [5.41, 5.74) is 1.78. The van der Waals surface area contributed by atoms with E-state index in [1.54, 1.807) is 11.8 Å². The molecule has 2 aromatic carbocycles. The van der Waals surface area contributed by atoms with E-state index < -0.39 is 0 Å². The zero-order valence-corrected chi connectivity index (χ0v) is 19.7. The number of fused-ring (bicyclic) bond motifs is 9. The fourth-order valence-electron chi connectivity index (χ4n) is 6.89. The smallest absolute Gasteiger partial charge is 0.305 e. The maximum absolute atomic E-state index is 13.6. The van der Waals surface area contributed by atoms with Gasteiger partial charge in [0.1, 0.15) is 0 Å². The number of aromatic nitrogens is 1. The molecule has 3 fully saturated rings. The van der Waals surface area contributed by atoms with Gasteiger partial charge in [0.25, 0.3) is 0 Å². The number of aromatic amines is 1. The Balaban J connectivity index is 1.34. The van der Waals surface area contributed by atoms with Crippen molar-refractivity contribution in [2.24, 2.45) is 29.6 Å². The molecule has 1 N–H and O–H groups in total. The summed E-state index contributed by atoms with van der Waals surface area (Å²) in [6.07, 6.45) is 0.890. The van der Waals surface area contributed by atoms with Gasteiger partial charge in [-0.3, -0.25) is 19.3 Å². The Hall–Kier alpha value is -2.35. The summed E-state index contributed by atoms with van der Waals surface area (Å²) in [6, 6.07) is 17.1. The Morgan fingerprint density at radius 3 is 2.33 bits per heavy atom. The average molecular weight is 495 g/mol. The molecule has 4 aliphatic rings. The number of carbonyl (C=O) groups is 2. The highest BCUT2D eigenvalue weighted by molar-refractivity contribution is 8.00. The third-order valence-electron chi connectivity index (χ3n) is 7.97. The van der Waals surface area contributed by atoms with Crippen LogP contribution >= 0.6 is 34.7 Å². The minimum atomic E-state index is -0.281. The molecule has 2 bridgehead atoms. The third kappa shape index (κ3) is 2.70. The van der Waals surface area contributed by atoms with Gasteiger partial charge in [0.05, 0.1) is 22.5 Å². The largest absolute Gasteiger partial charge is 0.307 e. The van der Waals surface area contributed by atoms with Gasteiger partial charge in [-0.25, -0.2) is 0 Å². The lowest BCUT2D eigenvalue weighted by Crippen LogP contribution is -2.42. The van der Waals surface area contributed by atoms with Gasteiger partial charge < -0.3 is 4.98 Å². The highest BCUT2D eigenvalue weighted by atomic mass is 35.5. The summed E-state index contributed by atoms with van der Waals surface area (Å²) < 4.78 is 0. The molecule has 2 aliphatic carbocycles. The summed E-state index contributed by atoms with van der Waals surface area (Å²) in [5.74, 6) is -0.192. The first kappa shape index (κ1) is 20.1. The van der Waals surface area contributed by atoms with Crippen LogP contribution in [-0.4, -0.2) is 22.0 Å². The quantitative estimate of drug-likeness (QED) is 0.521. The van der Waals surface area contributed by atoms with Crippen LogP contribution in [0.4, 0.5) is 5.69 Å². The van der Waals surface area contributed by atoms with Crippen LogP contribution in [0.3, 0.4) is 0 Å². The molecule has 2 amide bonds. The summed E-state index contributed by atoms with van der Waals surface area (Å²) in [5, 5.41) is 1.79. The van der Waals surface area contributed by atoms with Gasteiger partial charge in [-0.15, -0.1) is 11.8 Å². The number of carbonyl (C=O) groups excluding carboxylic acids is 2. The normalized spacial score (nSPS) is 33.8. The van der Waals surface area contributed by atoms with Crippen molar-refractivity contribution in [2.45, 2.75) is 22.6 Å². The Bertz CT molecular complexity index is 1350. The van der Waals surface area contributed by atoms with E-state index in [1.165, 1.54) is 16.2 Å². The van der Waals surface area contributed by atoms with Gasteiger partial charge in [0.2, 0.25) is 11.8 Å². The lowest BCUT2D eigenvalue weighted by atomic mass is 9.68. The molecule has 3 aromatic rings. The van der Waals surface area contributed by atoms with Gasteiger partial charge in [0.15, 0.2) is 0 Å². The predicted molar refractivity (Wildman–Crippen MR) is 129 cm³/mol. The molecule has 166 valence electrons. The number of thioether (sulfide) groups is 1. The second kappa shape index (κ2) is 7.08. The number of thiazole rings is 1. The van der Waals surface area contributed by atoms with E-state index >= 15 is 0 Å². The van der Waals surface area contributed by atoms with E-state index in [0.29, 0.717) is 10.7 Å². The van der Waals surface area contributed by atoms with Crippen LogP contribution in [0.5, 0.6) is 0 Å². The maximum atomic E-state index is 13.6. The van der Waals surface area contributed by atoms with E-state index in [1.807, 2.05) is 54.6 Å². The minimum absolute atomic E-state index is 0.0251. The molecule has 2 aliphatic heterocycles. The lowest BCUT2D eigenvalue weighted by molar-refractivity contribution is -0.123. The fourth-order valence-corrected chi connectivity index (χ4v) is 9.91. The molecule has 3 heterocycles. The molecule has 33 heavy (non-hydrogen) atoms. The van der Waals surface area contributed by atoms with Crippen LogP contribution in [-0.2, 0) is 9.59 Å². The van der Waals surface area contributed by atoms with Crippen LogP contribution < -0.4 is 9.77 Å². The third-order valence-corrected chi connectivity index (χ3v) is 10.8. The molecule has 1 saturated heterocycles. The molecular formula is C25H19ClN2O3S2. The number of nitrogens with one attached hydrogen (secondary N) is 1. The van der Waals surface area contributed by atoms with Crippen molar-refractivity contribution in [3.05, 3.63) is 79.7 Å². The number of halogens is 1. The molecular weight excluding hydrogens is 476 g/mol. The Morgan fingerprint density at radius 1 is 0.909 bits per heavy atom. The summed E-state index contributed by atoms with van der Waals surface area (Å²) in [6.45, 7) is 0. The van der Waals surface area contributed by atoms with Crippen molar-refractivity contribution in [2.75, 3.05) is 4.90 Å². The van der Waals surface area contributed by atoms with Crippen molar-refractivity contribution >= 4 is 52.2 Å². The fraction of sp³-hybridized carbons (Fsp3) is 0.320. The number of imide groups is 1. The molecule has 7 rings (SSSR count). The molecule has 0 spiro atoms. The predicted octanol–water partition coefficient (Wildman–Crippen LogP) is 4.77. The second-order valence-electron chi connectivity index (χ2n) is 9.36. The summed E-state index contributed by atoms with van der Waals surface area (Å²) in [7, 11) is 0. The molecule has 0 radical (unpaired) electrons. The Labute approximate surface area is 203 Å². The van der Waals surface area contributed by atoms with E-state index in [4.69, 9.17) is 11.6 Å². The van der Waals surface area contributed by atoms with Crippen LogP contribution in [0.1, 0.15) is 22.8 Å². The molecule has 7 atom stereocenters. The van der Waals surface area contributed by atoms with Gasteiger partial charge in [-0.1, -0.05) is 53.3 Å². The first-order valence-electron chi connectivity index (χ1n) is 11.1. The highest BCUT2D eigenvalue weighted by Gasteiger charge is 2.69. The maximum Gasteiger partial charge on any atom is 0.305 e. The van der Waals surface area contributed by atoms with Crippen molar-refractivity contribution in [1.29, 1.82) is 0 Å². The Morgan fingerprint density at radius 2 is 1.61 bits per heavy atom. The highest BCUT2D eigenvalue weighted by Crippen LogP contribution is 2.68. The molecule has 1 aromatic heterocycles. The van der Waals surface area contributed by atoms with Crippen LogP contribution in [0.15, 0.2) is 64.4 Å².